The summed E-state index contributed by atoms with van der Waals surface area (Å²) in [5, 5.41) is 20.7. The zero-order valence-electron chi connectivity index (χ0n) is 10.6. The fraction of sp³-hybridized carbons (Fsp3) is 0.545. The molecule has 8 nitrogen and oxygen atoms in total. The fourth-order valence-corrected chi connectivity index (χ4v) is 1.84. The summed E-state index contributed by atoms with van der Waals surface area (Å²) in [6.45, 7) is 0.441. The van der Waals surface area contributed by atoms with Crippen molar-refractivity contribution in [1.29, 1.82) is 0 Å². The molecule has 1 N–H and O–H groups in total. The highest BCUT2D eigenvalue weighted by atomic mass is 16.4. The zero-order valence-corrected chi connectivity index (χ0v) is 10.6. The minimum atomic E-state index is -0.797. The second-order valence-corrected chi connectivity index (χ2v) is 4.33. The highest BCUT2D eigenvalue weighted by molar-refractivity contribution is 5.72. The van der Waals surface area contributed by atoms with Crippen molar-refractivity contribution in [2.45, 2.75) is 32.2 Å². The van der Waals surface area contributed by atoms with Crippen molar-refractivity contribution in [3.8, 4) is 0 Å². The van der Waals surface area contributed by atoms with Gasteiger partial charge >= 0.3 is 5.97 Å². The summed E-state index contributed by atoms with van der Waals surface area (Å²) >= 11 is 0. The maximum atomic E-state index is 12.0. The first-order valence-corrected chi connectivity index (χ1v) is 6.07. The molecule has 0 unspecified atom stereocenters. The molecule has 102 valence electrons. The lowest BCUT2D eigenvalue weighted by Gasteiger charge is -2.02. The number of aliphatic carboxylic acids is 1. The number of hydrogen-bond acceptors (Lipinski definition) is 5. The van der Waals surface area contributed by atoms with Crippen LogP contribution in [0.2, 0.25) is 0 Å². The Morgan fingerprint density at radius 3 is 2.89 bits per heavy atom. The van der Waals surface area contributed by atoms with E-state index in [9.17, 15) is 9.59 Å². The largest absolute Gasteiger partial charge is 0.481 e. The molecule has 0 spiro atoms. The van der Waals surface area contributed by atoms with Gasteiger partial charge in [-0.05, 0) is 12.8 Å². The predicted octanol–water partition coefficient (Wildman–Crippen LogP) is 0.170. The van der Waals surface area contributed by atoms with E-state index in [1.807, 2.05) is 0 Å². The average molecular weight is 265 g/mol. The van der Waals surface area contributed by atoms with Crippen LogP contribution in [0.1, 0.15) is 25.7 Å². The second kappa shape index (κ2) is 5.59. The molecule has 0 radical (unpaired) electrons. The molecular formula is C11H15N5O3. The lowest BCUT2D eigenvalue weighted by Crippen LogP contribution is -2.24. The Hall–Kier alpha value is -2.25. The molecule has 0 aromatic carbocycles. The van der Waals surface area contributed by atoms with Gasteiger partial charge in [-0.15, -0.1) is 5.10 Å². The number of aromatic nitrogens is 5. The van der Waals surface area contributed by atoms with Gasteiger partial charge in [0.2, 0.25) is 0 Å². The molecule has 0 saturated heterocycles. The maximum absolute atomic E-state index is 12.0. The van der Waals surface area contributed by atoms with Crippen LogP contribution in [-0.2, 0) is 18.4 Å². The van der Waals surface area contributed by atoms with Gasteiger partial charge in [0, 0.05) is 20.0 Å². The quantitative estimate of drug-likeness (QED) is 0.747. The number of hydrogen-bond donors (Lipinski definition) is 1. The van der Waals surface area contributed by atoms with E-state index < -0.39 is 5.97 Å². The SMILES string of the molecule is Cn1ncc2c(=O)n(CCCCCC(=O)O)nnc21. The van der Waals surface area contributed by atoms with Crippen molar-refractivity contribution >= 4 is 17.0 Å². The van der Waals surface area contributed by atoms with Crippen molar-refractivity contribution < 1.29 is 9.90 Å². The Balaban J connectivity index is 1.99. The number of rotatable bonds is 6. The van der Waals surface area contributed by atoms with E-state index in [1.165, 1.54) is 15.6 Å². The molecule has 0 aliphatic heterocycles. The van der Waals surface area contributed by atoms with Crippen LogP contribution in [-0.4, -0.2) is 35.9 Å². The van der Waals surface area contributed by atoms with Crippen molar-refractivity contribution in [2.24, 2.45) is 7.05 Å². The standard InChI is InChI=1S/C11H15N5O3/c1-15-10-8(7-12-15)11(19)16(14-13-10)6-4-2-3-5-9(17)18/h7H,2-6H2,1H3,(H,17,18). The average Bonchev–Trinajstić information content (AvgIpc) is 2.74. The number of carboxylic acid groups (broad SMARTS) is 1. The molecule has 2 aromatic heterocycles. The van der Waals surface area contributed by atoms with Crippen LogP contribution < -0.4 is 5.56 Å². The Kier molecular flexibility index (Phi) is 3.88. The van der Waals surface area contributed by atoms with Crippen LogP contribution in [0.25, 0.3) is 11.0 Å². The Labute approximate surface area is 108 Å². The van der Waals surface area contributed by atoms with Gasteiger partial charge in [-0.25, -0.2) is 9.36 Å². The van der Waals surface area contributed by atoms with Gasteiger partial charge in [0.05, 0.1) is 6.20 Å². The molecule has 0 aliphatic carbocycles. The van der Waals surface area contributed by atoms with Gasteiger partial charge < -0.3 is 5.11 Å². The van der Waals surface area contributed by atoms with Crippen molar-refractivity contribution in [1.82, 2.24) is 24.8 Å². The van der Waals surface area contributed by atoms with Crippen LogP contribution in [0, 0.1) is 0 Å². The van der Waals surface area contributed by atoms with Crippen LogP contribution in [0.3, 0.4) is 0 Å². The molecule has 2 aromatic rings. The lowest BCUT2D eigenvalue weighted by molar-refractivity contribution is -0.137. The number of aryl methyl sites for hydroxylation is 2. The number of fused-ring (bicyclic) bond motifs is 1. The van der Waals surface area contributed by atoms with Crippen LogP contribution >= 0.6 is 0 Å². The van der Waals surface area contributed by atoms with Crippen molar-refractivity contribution in [2.75, 3.05) is 0 Å². The summed E-state index contributed by atoms with van der Waals surface area (Å²) in [5.74, 6) is -0.797. The van der Waals surface area contributed by atoms with Crippen molar-refractivity contribution in [3.05, 3.63) is 16.6 Å². The summed E-state index contributed by atoms with van der Waals surface area (Å²) in [4.78, 5) is 22.4. The predicted molar refractivity (Wildman–Crippen MR) is 66.7 cm³/mol. The molecular weight excluding hydrogens is 250 g/mol. The third kappa shape index (κ3) is 2.95. The fourth-order valence-electron chi connectivity index (χ4n) is 1.84. The first-order chi connectivity index (χ1) is 9.09. The third-order valence-corrected chi connectivity index (χ3v) is 2.88. The Bertz CT molecular complexity index is 645. The van der Waals surface area contributed by atoms with Crippen molar-refractivity contribution in [3.63, 3.8) is 0 Å². The first kappa shape index (κ1) is 13.2. The van der Waals surface area contributed by atoms with Gasteiger partial charge in [0.25, 0.3) is 5.56 Å². The normalized spacial score (nSPS) is 11.0. The van der Waals surface area contributed by atoms with Gasteiger partial charge in [0.1, 0.15) is 5.39 Å². The molecule has 19 heavy (non-hydrogen) atoms. The number of unbranched alkanes of at least 4 members (excludes halogenated alkanes) is 2. The smallest absolute Gasteiger partial charge is 0.303 e. The molecule has 0 fully saturated rings. The van der Waals surface area contributed by atoms with E-state index in [0.717, 1.165) is 6.42 Å². The molecule has 0 saturated carbocycles. The Morgan fingerprint density at radius 1 is 1.37 bits per heavy atom. The zero-order chi connectivity index (χ0) is 13.8. The van der Waals surface area contributed by atoms with E-state index in [0.29, 0.717) is 30.4 Å². The second-order valence-electron chi connectivity index (χ2n) is 4.33. The minimum Gasteiger partial charge on any atom is -0.481 e. The van der Waals surface area contributed by atoms with Gasteiger partial charge in [-0.1, -0.05) is 11.6 Å². The van der Waals surface area contributed by atoms with Gasteiger partial charge in [-0.3, -0.25) is 9.59 Å². The monoisotopic (exact) mass is 265 g/mol. The number of nitrogens with zero attached hydrogens (tertiary/aromatic N) is 5. The molecule has 2 rings (SSSR count). The Morgan fingerprint density at radius 2 is 2.16 bits per heavy atom. The number of carbonyl (C=O) groups is 1. The van der Waals surface area contributed by atoms with E-state index in [-0.39, 0.29) is 12.0 Å². The summed E-state index contributed by atoms with van der Waals surface area (Å²) in [5.41, 5.74) is 0.253. The third-order valence-electron chi connectivity index (χ3n) is 2.88. The molecule has 0 atom stereocenters. The molecule has 0 aliphatic rings. The minimum absolute atomic E-state index is 0.155. The highest BCUT2D eigenvalue weighted by Crippen LogP contribution is 2.04. The lowest BCUT2D eigenvalue weighted by atomic mass is 10.2. The summed E-state index contributed by atoms with van der Waals surface area (Å²) in [6, 6.07) is 0. The summed E-state index contributed by atoms with van der Waals surface area (Å²) < 4.78 is 2.80. The van der Waals surface area contributed by atoms with E-state index >= 15 is 0 Å². The maximum Gasteiger partial charge on any atom is 0.303 e. The summed E-state index contributed by atoms with van der Waals surface area (Å²) in [6.07, 6.45) is 3.68. The molecule has 0 amide bonds. The van der Waals surface area contributed by atoms with E-state index in [1.54, 1.807) is 7.05 Å². The van der Waals surface area contributed by atoms with Crippen LogP contribution in [0.15, 0.2) is 11.0 Å². The van der Waals surface area contributed by atoms with E-state index in [4.69, 9.17) is 5.11 Å². The van der Waals surface area contributed by atoms with Crippen LogP contribution in [0.4, 0.5) is 0 Å². The topological polar surface area (TPSA) is 103 Å². The molecule has 2 heterocycles. The number of carboxylic acids is 1. The molecule has 8 heteroatoms. The van der Waals surface area contributed by atoms with Crippen LogP contribution in [0.5, 0.6) is 0 Å². The van der Waals surface area contributed by atoms with Gasteiger partial charge in [0.15, 0.2) is 5.65 Å². The first-order valence-electron chi connectivity index (χ1n) is 6.07. The van der Waals surface area contributed by atoms with Gasteiger partial charge in [-0.2, -0.15) is 5.10 Å². The summed E-state index contributed by atoms with van der Waals surface area (Å²) in [7, 11) is 1.70. The van der Waals surface area contributed by atoms with E-state index in [2.05, 4.69) is 15.4 Å². The highest BCUT2D eigenvalue weighted by Gasteiger charge is 2.09. The molecule has 0 bridgehead atoms.